The van der Waals surface area contributed by atoms with Crippen LogP contribution in [0.1, 0.15) is 15.8 Å². The maximum Gasteiger partial charge on any atom is 0.275 e. The first-order valence-electron chi connectivity index (χ1n) is 6.12. The molecule has 0 aliphatic rings. The van der Waals surface area contributed by atoms with Gasteiger partial charge in [-0.2, -0.15) is 0 Å². The van der Waals surface area contributed by atoms with Crippen molar-refractivity contribution in [1.29, 1.82) is 0 Å². The van der Waals surface area contributed by atoms with Crippen LogP contribution in [0.4, 0.5) is 5.69 Å². The summed E-state index contributed by atoms with van der Waals surface area (Å²) >= 11 is 9.25. The molecule has 0 radical (unpaired) electrons. The fourth-order valence-corrected chi connectivity index (χ4v) is 4.03. The van der Waals surface area contributed by atoms with Crippen LogP contribution in [0.5, 0.6) is 0 Å². The predicted octanol–water partition coefficient (Wildman–Crippen LogP) is 4.38. The highest BCUT2D eigenvalue weighted by Gasteiger charge is 2.32. The van der Waals surface area contributed by atoms with E-state index in [1.165, 1.54) is 30.3 Å². The van der Waals surface area contributed by atoms with Crippen LogP contribution in [0.2, 0.25) is 0 Å². The third-order valence-electron chi connectivity index (χ3n) is 3.05. The minimum Gasteiger partial charge on any atom is -0.258 e. The van der Waals surface area contributed by atoms with Crippen molar-refractivity contribution in [2.45, 2.75) is 16.5 Å². The van der Waals surface area contributed by atoms with E-state index in [0.717, 1.165) is 5.56 Å². The minimum absolute atomic E-state index is 0.0207. The van der Waals surface area contributed by atoms with E-state index in [-0.39, 0.29) is 16.1 Å². The molecule has 1 atom stereocenters. The molecule has 5 nitrogen and oxygen atoms in total. The summed E-state index contributed by atoms with van der Waals surface area (Å²) in [7, 11) is -3.94. The Hall–Kier alpha value is -1.44. The Kier molecular flexibility index (Phi) is 4.89. The summed E-state index contributed by atoms with van der Waals surface area (Å²) in [5.74, 6) is 0. The molecule has 8 heteroatoms. The standard InChI is InChI=1S/C14H11BrClNO4S/c1-9-2-5-11(6-3-9)22(20,21)14(16)12-8-10(15)4-7-13(12)17(18)19/h2-8,14H,1H3. The number of nitro benzene ring substituents is 1. The average Bonchev–Trinajstić information content (AvgIpc) is 2.46. The fourth-order valence-electron chi connectivity index (χ4n) is 1.89. The number of rotatable bonds is 4. The number of benzene rings is 2. The predicted molar refractivity (Wildman–Crippen MR) is 87.8 cm³/mol. The first-order chi connectivity index (χ1) is 10.2. The molecular weight excluding hydrogens is 394 g/mol. The van der Waals surface area contributed by atoms with E-state index in [4.69, 9.17) is 11.6 Å². The molecule has 0 aliphatic carbocycles. The normalized spacial score (nSPS) is 12.9. The summed E-state index contributed by atoms with van der Waals surface area (Å²) in [6.07, 6.45) is 0. The van der Waals surface area contributed by atoms with Gasteiger partial charge < -0.3 is 0 Å². The lowest BCUT2D eigenvalue weighted by molar-refractivity contribution is -0.385. The summed E-state index contributed by atoms with van der Waals surface area (Å²) < 4.78 is 24.1. The van der Waals surface area contributed by atoms with Crippen molar-refractivity contribution in [3.63, 3.8) is 0 Å². The van der Waals surface area contributed by atoms with Crippen LogP contribution >= 0.6 is 27.5 Å². The molecule has 2 aromatic carbocycles. The Labute approximate surface area is 141 Å². The van der Waals surface area contributed by atoms with Crippen LogP contribution in [-0.4, -0.2) is 13.3 Å². The van der Waals surface area contributed by atoms with Crippen molar-refractivity contribution in [3.8, 4) is 0 Å². The van der Waals surface area contributed by atoms with Gasteiger partial charge in [0.2, 0.25) is 0 Å². The van der Waals surface area contributed by atoms with E-state index in [0.29, 0.717) is 4.47 Å². The minimum atomic E-state index is -3.94. The number of alkyl halides is 1. The van der Waals surface area contributed by atoms with Gasteiger partial charge in [0.25, 0.3) is 5.69 Å². The number of hydrogen-bond donors (Lipinski definition) is 0. The van der Waals surface area contributed by atoms with Gasteiger partial charge in [-0.1, -0.05) is 45.2 Å². The summed E-state index contributed by atoms with van der Waals surface area (Å²) in [6.45, 7) is 1.83. The number of sulfone groups is 1. The third kappa shape index (κ3) is 3.31. The van der Waals surface area contributed by atoms with Crippen LogP contribution in [0.3, 0.4) is 0 Å². The first kappa shape index (κ1) is 16.9. The van der Waals surface area contributed by atoms with Crippen molar-refractivity contribution >= 4 is 43.1 Å². The highest BCUT2D eigenvalue weighted by atomic mass is 79.9. The van der Waals surface area contributed by atoms with Crippen LogP contribution in [0.15, 0.2) is 51.8 Å². The van der Waals surface area contributed by atoms with Gasteiger partial charge in [-0.3, -0.25) is 10.1 Å². The van der Waals surface area contributed by atoms with Gasteiger partial charge in [-0.15, -0.1) is 0 Å². The summed E-state index contributed by atoms with van der Waals surface area (Å²) in [5, 5.41) is 11.1. The second-order valence-electron chi connectivity index (χ2n) is 4.63. The Morgan fingerprint density at radius 3 is 2.32 bits per heavy atom. The topological polar surface area (TPSA) is 77.3 Å². The second-order valence-corrected chi connectivity index (χ2v) is 8.28. The summed E-state index contributed by atoms with van der Waals surface area (Å²) in [6, 6.07) is 10.2. The first-order valence-corrected chi connectivity index (χ1v) is 8.89. The van der Waals surface area contributed by atoms with E-state index in [2.05, 4.69) is 15.9 Å². The monoisotopic (exact) mass is 403 g/mol. The lowest BCUT2D eigenvalue weighted by Crippen LogP contribution is -2.10. The van der Waals surface area contributed by atoms with E-state index in [1.807, 2.05) is 6.92 Å². The molecule has 0 spiro atoms. The SMILES string of the molecule is Cc1ccc(S(=O)(=O)C(Cl)c2cc(Br)ccc2[N+](=O)[O-])cc1. The summed E-state index contributed by atoms with van der Waals surface area (Å²) in [4.78, 5) is 10.5. The highest BCUT2D eigenvalue weighted by Crippen LogP contribution is 2.38. The van der Waals surface area contributed by atoms with Gasteiger partial charge in [-0.05, 0) is 31.2 Å². The van der Waals surface area contributed by atoms with Gasteiger partial charge in [0.15, 0.2) is 14.5 Å². The largest absolute Gasteiger partial charge is 0.275 e. The maximum absolute atomic E-state index is 12.6. The smallest absolute Gasteiger partial charge is 0.258 e. The lowest BCUT2D eigenvalue weighted by atomic mass is 10.2. The zero-order chi connectivity index (χ0) is 16.5. The van der Waals surface area contributed by atoms with Gasteiger partial charge in [0, 0.05) is 10.5 Å². The average molecular weight is 405 g/mol. The van der Waals surface area contributed by atoms with E-state index in [1.54, 1.807) is 12.1 Å². The highest BCUT2D eigenvalue weighted by molar-refractivity contribution is 9.10. The molecular formula is C14H11BrClNO4S. The Balaban J connectivity index is 2.55. The van der Waals surface area contributed by atoms with Crippen molar-refractivity contribution in [1.82, 2.24) is 0 Å². The van der Waals surface area contributed by atoms with Gasteiger partial charge in [-0.25, -0.2) is 8.42 Å². The molecule has 0 bridgehead atoms. The Bertz CT molecular complexity index is 821. The number of hydrogen-bond acceptors (Lipinski definition) is 4. The fraction of sp³-hybridized carbons (Fsp3) is 0.143. The molecule has 0 saturated heterocycles. The molecule has 0 aliphatic heterocycles. The number of nitrogens with zero attached hydrogens (tertiary/aromatic N) is 1. The van der Waals surface area contributed by atoms with E-state index >= 15 is 0 Å². The Morgan fingerprint density at radius 1 is 1.18 bits per heavy atom. The van der Waals surface area contributed by atoms with Gasteiger partial charge in [0.1, 0.15) is 0 Å². The molecule has 116 valence electrons. The number of nitro groups is 1. The molecule has 0 heterocycles. The van der Waals surface area contributed by atoms with Crippen molar-refractivity contribution < 1.29 is 13.3 Å². The molecule has 2 aromatic rings. The molecule has 0 fully saturated rings. The number of halogens is 2. The quantitative estimate of drug-likeness (QED) is 0.430. The van der Waals surface area contributed by atoms with Crippen LogP contribution in [-0.2, 0) is 9.84 Å². The molecule has 0 amide bonds. The molecule has 22 heavy (non-hydrogen) atoms. The number of aryl methyl sites for hydroxylation is 1. The molecule has 0 saturated carbocycles. The zero-order valence-corrected chi connectivity index (χ0v) is 14.5. The lowest BCUT2D eigenvalue weighted by Gasteiger charge is -2.12. The molecule has 0 N–H and O–H groups in total. The van der Waals surface area contributed by atoms with Crippen LogP contribution in [0, 0.1) is 17.0 Å². The van der Waals surface area contributed by atoms with E-state index < -0.39 is 19.5 Å². The van der Waals surface area contributed by atoms with Crippen molar-refractivity contribution in [2.75, 3.05) is 0 Å². The Morgan fingerprint density at radius 2 is 1.77 bits per heavy atom. The zero-order valence-electron chi connectivity index (χ0n) is 11.4. The van der Waals surface area contributed by atoms with Gasteiger partial charge in [0.05, 0.1) is 15.4 Å². The third-order valence-corrected chi connectivity index (χ3v) is 6.21. The van der Waals surface area contributed by atoms with Crippen molar-refractivity contribution in [3.05, 3.63) is 68.2 Å². The molecule has 2 rings (SSSR count). The maximum atomic E-state index is 12.6. The molecule has 1 unspecified atom stereocenters. The van der Waals surface area contributed by atoms with Crippen LogP contribution in [0.25, 0.3) is 0 Å². The second kappa shape index (κ2) is 6.36. The van der Waals surface area contributed by atoms with Crippen LogP contribution < -0.4 is 0 Å². The summed E-state index contributed by atoms with van der Waals surface area (Å²) in [5.41, 5.74) is 0.499. The van der Waals surface area contributed by atoms with Gasteiger partial charge >= 0.3 is 0 Å². The van der Waals surface area contributed by atoms with Crippen molar-refractivity contribution in [2.24, 2.45) is 0 Å². The van der Waals surface area contributed by atoms with E-state index in [9.17, 15) is 18.5 Å². The molecule has 0 aromatic heterocycles.